The highest BCUT2D eigenvalue weighted by molar-refractivity contribution is 7.81. The average Bonchev–Trinajstić information content (AvgIpc) is 1.96. The number of fused-ring (bicyclic) bond motifs is 2. The van der Waals surface area contributed by atoms with E-state index in [1.165, 1.54) is 0 Å². The Kier molecular flexibility index (Phi) is 2.29. The van der Waals surface area contributed by atoms with E-state index in [0.29, 0.717) is 6.42 Å². The van der Waals surface area contributed by atoms with E-state index in [1.54, 1.807) is 20.8 Å². The first-order valence-corrected chi connectivity index (χ1v) is 5.89. The Labute approximate surface area is 98.8 Å². The molecule has 0 spiro atoms. The molecule has 0 unspecified atom stereocenters. The molecule has 0 aromatic carbocycles. The second kappa shape index (κ2) is 2.91. The van der Waals surface area contributed by atoms with Crippen LogP contribution in [0.15, 0.2) is 0 Å². The molecule has 1 nitrogen and oxygen atoms in total. The zero-order valence-electron chi connectivity index (χ0n) is 9.60. The van der Waals surface area contributed by atoms with E-state index in [2.05, 4.69) is 12.6 Å². The Hall–Kier alpha value is 0.100. The lowest BCUT2D eigenvalue weighted by Gasteiger charge is -2.68. The summed E-state index contributed by atoms with van der Waals surface area (Å²) in [6.45, 7) is 5.31. The van der Waals surface area contributed by atoms with Gasteiger partial charge in [-0.15, -0.1) is 0 Å². The quantitative estimate of drug-likeness (QED) is 0.637. The van der Waals surface area contributed by atoms with Crippen LogP contribution in [0.2, 0.25) is 0 Å². The van der Waals surface area contributed by atoms with E-state index in [-0.39, 0.29) is 12.3 Å². The van der Waals surface area contributed by atoms with Crippen molar-refractivity contribution in [3.05, 3.63) is 0 Å². The predicted octanol–water partition coefficient (Wildman–Crippen LogP) is 3.03. The van der Waals surface area contributed by atoms with Gasteiger partial charge in [-0.2, -0.15) is 25.8 Å². The molecule has 94 valence electrons. The standard InChI is InChI=1S/C11H17F3OS/c1-8(2)6-4-7(8)10(15,11(12,13)14)5-9(6,3)16/h6-7,15-16H,4-5H2,1-3H3/t6-,7+,9+,10+/m1/s1. The summed E-state index contributed by atoms with van der Waals surface area (Å²) in [6.07, 6.45) is -4.45. The molecular weight excluding hydrogens is 237 g/mol. The van der Waals surface area contributed by atoms with Crippen LogP contribution >= 0.6 is 12.6 Å². The summed E-state index contributed by atoms with van der Waals surface area (Å²) in [6, 6.07) is 0. The van der Waals surface area contributed by atoms with E-state index in [9.17, 15) is 18.3 Å². The maximum absolute atomic E-state index is 13.0. The molecule has 0 aromatic heterocycles. The van der Waals surface area contributed by atoms with Crippen LogP contribution in [-0.2, 0) is 0 Å². The van der Waals surface area contributed by atoms with Gasteiger partial charge in [-0.25, -0.2) is 0 Å². The lowest BCUT2D eigenvalue weighted by Crippen LogP contribution is -2.73. The first-order chi connectivity index (χ1) is 6.93. The summed E-state index contributed by atoms with van der Waals surface area (Å²) < 4.78 is 38.3. The summed E-state index contributed by atoms with van der Waals surface area (Å²) in [5, 5.41) is 10.0. The fourth-order valence-electron chi connectivity index (χ4n) is 3.88. The largest absolute Gasteiger partial charge is 0.417 e. The summed E-state index contributed by atoms with van der Waals surface area (Å²) in [5.41, 5.74) is -3.05. The molecule has 0 saturated heterocycles. The maximum atomic E-state index is 13.0. The van der Waals surface area contributed by atoms with Crippen LogP contribution < -0.4 is 0 Å². The van der Waals surface area contributed by atoms with Crippen LogP contribution in [0, 0.1) is 17.3 Å². The lowest BCUT2D eigenvalue weighted by molar-refractivity contribution is -0.341. The Morgan fingerprint density at radius 2 is 1.69 bits per heavy atom. The van der Waals surface area contributed by atoms with Gasteiger partial charge in [0, 0.05) is 10.7 Å². The minimum Gasteiger partial charge on any atom is -0.380 e. The Bertz CT molecular complexity index is 316. The van der Waals surface area contributed by atoms with Gasteiger partial charge in [0.15, 0.2) is 5.60 Å². The van der Waals surface area contributed by atoms with Gasteiger partial charge in [-0.05, 0) is 24.2 Å². The molecule has 0 radical (unpaired) electrons. The topological polar surface area (TPSA) is 20.2 Å². The Balaban J connectivity index is 2.44. The van der Waals surface area contributed by atoms with Gasteiger partial charge < -0.3 is 5.11 Å². The maximum Gasteiger partial charge on any atom is 0.417 e. The summed E-state index contributed by atoms with van der Waals surface area (Å²) in [5.74, 6) is -0.541. The van der Waals surface area contributed by atoms with Crippen LogP contribution in [0.5, 0.6) is 0 Å². The lowest BCUT2D eigenvalue weighted by atomic mass is 9.41. The zero-order chi connectivity index (χ0) is 12.6. The van der Waals surface area contributed by atoms with Crippen LogP contribution in [0.3, 0.4) is 0 Å². The number of aliphatic hydroxyl groups is 1. The minimum absolute atomic E-state index is 0.149. The van der Waals surface area contributed by atoms with Crippen molar-refractivity contribution >= 4 is 12.6 Å². The monoisotopic (exact) mass is 254 g/mol. The molecule has 3 aliphatic carbocycles. The summed E-state index contributed by atoms with van der Waals surface area (Å²) >= 11 is 4.35. The second-order valence-electron chi connectivity index (χ2n) is 6.12. The molecule has 16 heavy (non-hydrogen) atoms. The third kappa shape index (κ3) is 1.30. The van der Waals surface area contributed by atoms with Gasteiger partial charge in [0.05, 0.1) is 0 Å². The fourth-order valence-corrected chi connectivity index (χ4v) is 4.56. The van der Waals surface area contributed by atoms with E-state index in [4.69, 9.17) is 0 Å². The number of thiol groups is 1. The molecule has 2 bridgehead atoms. The van der Waals surface area contributed by atoms with Crippen LogP contribution in [0.25, 0.3) is 0 Å². The molecule has 0 aliphatic heterocycles. The Morgan fingerprint density at radius 3 is 2.00 bits per heavy atom. The number of halogens is 3. The zero-order valence-corrected chi connectivity index (χ0v) is 10.5. The number of rotatable bonds is 0. The van der Waals surface area contributed by atoms with Crippen molar-refractivity contribution in [2.24, 2.45) is 17.3 Å². The number of hydrogen-bond acceptors (Lipinski definition) is 2. The average molecular weight is 254 g/mol. The number of alkyl halides is 3. The molecular formula is C11H17F3OS. The number of hydrogen-bond donors (Lipinski definition) is 2. The molecule has 3 rings (SSSR count). The third-order valence-corrected chi connectivity index (χ3v) is 5.18. The normalized spacial score (nSPS) is 51.0. The first kappa shape index (κ1) is 12.6. The van der Waals surface area contributed by atoms with Crippen molar-refractivity contribution in [1.29, 1.82) is 0 Å². The van der Waals surface area contributed by atoms with Crippen LogP contribution in [0.1, 0.15) is 33.6 Å². The highest BCUT2D eigenvalue weighted by Gasteiger charge is 2.74. The Morgan fingerprint density at radius 1 is 1.19 bits per heavy atom. The van der Waals surface area contributed by atoms with Crippen molar-refractivity contribution < 1.29 is 18.3 Å². The van der Waals surface area contributed by atoms with E-state index >= 15 is 0 Å². The van der Waals surface area contributed by atoms with Crippen molar-refractivity contribution in [2.45, 2.75) is 50.1 Å². The van der Waals surface area contributed by atoms with Gasteiger partial charge in [0.1, 0.15) is 0 Å². The molecule has 3 fully saturated rings. The van der Waals surface area contributed by atoms with Crippen molar-refractivity contribution in [2.75, 3.05) is 0 Å². The third-order valence-electron chi connectivity index (χ3n) is 4.71. The first-order valence-electron chi connectivity index (χ1n) is 5.44. The summed E-state index contributed by atoms with van der Waals surface area (Å²) in [4.78, 5) is 0. The van der Waals surface area contributed by atoms with Gasteiger partial charge in [-0.3, -0.25) is 0 Å². The van der Waals surface area contributed by atoms with E-state index < -0.39 is 27.9 Å². The molecule has 0 heterocycles. The van der Waals surface area contributed by atoms with Gasteiger partial charge >= 0.3 is 6.18 Å². The van der Waals surface area contributed by atoms with Crippen molar-refractivity contribution in [3.63, 3.8) is 0 Å². The highest BCUT2D eigenvalue weighted by atomic mass is 32.1. The van der Waals surface area contributed by atoms with E-state index in [0.717, 1.165) is 0 Å². The van der Waals surface area contributed by atoms with Crippen molar-refractivity contribution in [3.8, 4) is 0 Å². The van der Waals surface area contributed by atoms with E-state index in [1.807, 2.05) is 0 Å². The smallest absolute Gasteiger partial charge is 0.380 e. The predicted molar refractivity (Wildman–Crippen MR) is 58.4 cm³/mol. The van der Waals surface area contributed by atoms with Crippen LogP contribution in [0.4, 0.5) is 13.2 Å². The SMILES string of the molecule is CC1(C)[C@H]2C[C@@H]1[C@](O)(C(F)(F)F)C[C@]2(C)S. The summed E-state index contributed by atoms with van der Waals surface area (Å²) in [7, 11) is 0. The highest BCUT2D eigenvalue weighted by Crippen LogP contribution is 2.70. The van der Waals surface area contributed by atoms with Gasteiger partial charge in [0.2, 0.25) is 0 Å². The van der Waals surface area contributed by atoms with Gasteiger partial charge in [0.25, 0.3) is 0 Å². The molecule has 5 heteroatoms. The fraction of sp³-hybridized carbons (Fsp3) is 1.00. The molecule has 3 saturated carbocycles. The minimum atomic E-state index is -4.57. The molecule has 4 atom stereocenters. The van der Waals surface area contributed by atoms with Gasteiger partial charge in [-0.1, -0.05) is 20.8 Å². The van der Waals surface area contributed by atoms with Crippen molar-refractivity contribution in [1.82, 2.24) is 0 Å². The second-order valence-corrected chi connectivity index (χ2v) is 7.14. The van der Waals surface area contributed by atoms with Crippen LogP contribution in [-0.4, -0.2) is 21.6 Å². The molecule has 0 amide bonds. The molecule has 1 N–H and O–H groups in total. The molecule has 3 aliphatic rings. The molecule has 0 aromatic rings.